The molecular weight excluding hydrogens is 226 g/mol. The highest BCUT2D eigenvalue weighted by Crippen LogP contribution is 2.15. The number of ether oxygens (including phenoxy) is 1. The molecule has 0 heterocycles. The molecule has 0 radical (unpaired) electrons. The lowest BCUT2D eigenvalue weighted by Crippen LogP contribution is -2.50. The first kappa shape index (κ1) is 15.0. The van der Waals surface area contributed by atoms with Crippen molar-refractivity contribution < 1.29 is 9.84 Å². The van der Waals surface area contributed by atoms with Gasteiger partial charge in [-0.05, 0) is 44.0 Å². The lowest BCUT2D eigenvalue weighted by Gasteiger charge is -2.28. The van der Waals surface area contributed by atoms with E-state index in [4.69, 9.17) is 4.74 Å². The third-order valence-corrected chi connectivity index (χ3v) is 3.01. The number of aliphatic hydroxyl groups is 1. The predicted molar refractivity (Wildman–Crippen MR) is 75.1 cm³/mol. The van der Waals surface area contributed by atoms with E-state index in [0.29, 0.717) is 6.61 Å². The molecule has 3 nitrogen and oxygen atoms in total. The lowest BCUT2D eigenvalue weighted by atomic mass is 10.1. The van der Waals surface area contributed by atoms with Gasteiger partial charge in [0, 0.05) is 0 Å². The first-order valence-electron chi connectivity index (χ1n) is 6.71. The summed E-state index contributed by atoms with van der Waals surface area (Å²) in [6, 6.07) is 8.10. The van der Waals surface area contributed by atoms with Gasteiger partial charge in [-0.15, -0.1) is 0 Å². The molecule has 1 unspecified atom stereocenters. The summed E-state index contributed by atoms with van der Waals surface area (Å²) >= 11 is 0. The highest BCUT2D eigenvalue weighted by Gasteiger charge is 2.23. The van der Waals surface area contributed by atoms with Crippen molar-refractivity contribution in [2.45, 2.75) is 39.2 Å². The van der Waals surface area contributed by atoms with Gasteiger partial charge in [-0.2, -0.15) is 0 Å². The van der Waals surface area contributed by atoms with Crippen LogP contribution in [0.1, 0.15) is 32.8 Å². The van der Waals surface area contributed by atoms with Gasteiger partial charge in [-0.1, -0.05) is 26.0 Å². The molecule has 1 aromatic rings. The maximum atomic E-state index is 9.45. The molecule has 0 aliphatic carbocycles. The Balaban J connectivity index is 2.55. The summed E-state index contributed by atoms with van der Waals surface area (Å²) in [4.78, 5) is 0. The average Bonchev–Trinajstić information content (AvgIpc) is 2.43. The zero-order valence-electron chi connectivity index (χ0n) is 11.7. The van der Waals surface area contributed by atoms with Gasteiger partial charge in [0.1, 0.15) is 12.4 Å². The van der Waals surface area contributed by atoms with Gasteiger partial charge in [0.05, 0.1) is 12.1 Å². The molecule has 0 aromatic heterocycles. The fourth-order valence-corrected chi connectivity index (χ4v) is 1.68. The molecule has 2 N–H and O–H groups in total. The minimum absolute atomic E-state index is 0.0699. The van der Waals surface area contributed by atoms with E-state index in [9.17, 15) is 5.11 Å². The summed E-state index contributed by atoms with van der Waals surface area (Å²) in [5.41, 5.74) is 0.887. The lowest BCUT2D eigenvalue weighted by molar-refractivity contribution is 0.116. The summed E-state index contributed by atoms with van der Waals surface area (Å²) in [7, 11) is 0. The number of hydrogen-bond donors (Lipinski definition) is 2. The normalized spacial score (nSPS) is 14.2. The van der Waals surface area contributed by atoms with Crippen molar-refractivity contribution in [1.29, 1.82) is 0 Å². The Bertz CT molecular complexity index is 354. The van der Waals surface area contributed by atoms with Crippen LogP contribution in [0.5, 0.6) is 5.75 Å². The maximum absolute atomic E-state index is 9.45. The van der Waals surface area contributed by atoms with Crippen molar-refractivity contribution >= 4 is 0 Å². The van der Waals surface area contributed by atoms with Crippen LogP contribution in [-0.4, -0.2) is 30.4 Å². The van der Waals surface area contributed by atoms with Gasteiger partial charge in [0.2, 0.25) is 0 Å². The number of aryl methyl sites for hydroxylation is 1. The van der Waals surface area contributed by atoms with Crippen molar-refractivity contribution in [3.63, 3.8) is 0 Å². The number of benzene rings is 1. The fourth-order valence-electron chi connectivity index (χ4n) is 1.68. The van der Waals surface area contributed by atoms with Gasteiger partial charge in [-0.3, -0.25) is 0 Å². The molecule has 0 saturated carbocycles. The van der Waals surface area contributed by atoms with Crippen LogP contribution in [0.25, 0.3) is 0 Å². The summed E-state index contributed by atoms with van der Waals surface area (Å²) in [5.74, 6) is 0.868. The van der Waals surface area contributed by atoms with Gasteiger partial charge in [-0.25, -0.2) is 0 Å². The van der Waals surface area contributed by atoms with E-state index < -0.39 is 0 Å². The molecule has 0 spiro atoms. The average molecular weight is 251 g/mol. The molecule has 102 valence electrons. The van der Waals surface area contributed by atoms with E-state index >= 15 is 0 Å². The van der Waals surface area contributed by atoms with Gasteiger partial charge >= 0.3 is 0 Å². The molecule has 18 heavy (non-hydrogen) atoms. The Morgan fingerprint density at radius 1 is 1.33 bits per heavy atom. The quantitative estimate of drug-likeness (QED) is 0.745. The van der Waals surface area contributed by atoms with E-state index in [2.05, 4.69) is 31.3 Å². The number of aliphatic hydroxyl groups excluding tert-OH is 1. The van der Waals surface area contributed by atoms with Crippen molar-refractivity contribution in [2.75, 3.05) is 19.8 Å². The molecule has 0 saturated heterocycles. The Morgan fingerprint density at radius 3 is 2.72 bits per heavy atom. The summed E-state index contributed by atoms with van der Waals surface area (Å²) in [5, 5.41) is 12.8. The van der Waals surface area contributed by atoms with Crippen molar-refractivity contribution in [2.24, 2.45) is 0 Å². The van der Waals surface area contributed by atoms with Crippen molar-refractivity contribution in [3.05, 3.63) is 29.8 Å². The highest BCUT2D eigenvalue weighted by atomic mass is 16.5. The fraction of sp³-hybridized carbons (Fsp3) is 0.600. The summed E-state index contributed by atoms with van der Waals surface area (Å²) in [6.45, 7) is 7.63. The highest BCUT2D eigenvalue weighted by molar-refractivity contribution is 5.28. The van der Waals surface area contributed by atoms with Crippen LogP contribution in [0.4, 0.5) is 0 Å². The molecule has 0 bridgehead atoms. The van der Waals surface area contributed by atoms with Gasteiger partial charge in [0.15, 0.2) is 0 Å². The zero-order valence-corrected chi connectivity index (χ0v) is 11.7. The van der Waals surface area contributed by atoms with E-state index in [-0.39, 0.29) is 12.1 Å². The van der Waals surface area contributed by atoms with Gasteiger partial charge < -0.3 is 15.2 Å². The first-order chi connectivity index (χ1) is 8.63. The van der Waals surface area contributed by atoms with Crippen LogP contribution >= 0.6 is 0 Å². The minimum atomic E-state index is -0.377. The first-order valence-corrected chi connectivity index (χ1v) is 6.71. The monoisotopic (exact) mass is 251 g/mol. The molecule has 0 amide bonds. The molecule has 0 fully saturated rings. The molecular formula is C15H25NO2. The van der Waals surface area contributed by atoms with E-state index in [1.54, 1.807) is 0 Å². The third kappa shape index (κ3) is 4.67. The molecule has 3 heteroatoms. The van der Waals surface area contributed by atoms with E-state index in [1.807, 2.05) is 19.1 Å². The second-order valence-electron chi connectivity index (χ2n) is 4.94. The Morgan fingerprint density at radius 2 is 2.11 bits per heavy atom. The SMILES string of the molecule is CCCNC(C)(CO)COc1cccc(CC)c1. The summed E-state index contributed by atoms with van der Waals surface area (Å²) < 4.78 is 5.78. The number of hydrogen-bond acceptors (Lipinski definition) is 3. The number of rotatable bonds is 8. The predicted octanol–water partition coefficient (Wildman–Crippen LogP) is 2.38. The van der Waals surface area contributed by atoms with Crippen molar-refractivity contribution in [1.82, 2.24) is 5.32 Å². The Labute approximate surface area is 110 Å². The molecule has 0 aliphatic heterocycles. The van der Waals surface area contributed by atoms with Crippen LogP contribution in [0.2, 0.25) is 0 Å². The zero-order chi connectivity index (χ0) is 13.4. The molecule has 1 rings (SSSR count). The van der Waals surface area contributed by atoms with Crippen LogP contribution in [-0.2, 0) is 6.42 Å². The van der Waals surface area contributed by atoms with Crippen LogP contribution in [0, 0.1) is 0 Å². The van der Waals surface area contributed by atoms with Crippen LogP contribution < -0.4 is 10.1 Å². The maximum Gasteiger partial charge on any atom is 0.119 e. The van der Waals surface area contributed by atoms with Crippen molar-refractivity contribution in [3.8, 4) is 5.75 Å². The Kier molecular flexibility index (Phi) is 6.16. The Hall–Kier alpha value is -1.06. The smallest absolute Gasteiger partial charge is 0.119 e. The van der Waals surface area contributed by atoms with Crippen LogP contribution in [0.3, 0.4) is 0 Å². The topological polar surface area (TPSA) is 41.5 Å². The minimum Gasteiger partial charge on any atom is -0.492 e. The third-order valence-electron chi connectivity index (χ3n) is 3.01. The van der Waals surface area contributed by atoms with Crippen LogP contribution in [0.15, 0.2) is 24.3 Å². The van der Waals surface area contributed by atoms with E-state index in [0.717, 1.165) is 25.1 Å². The molecule has 1 aromatic carbocycles. The molecule has 0 aliphatic rings. The second-order valence-corrected chi connectivity index (χ2v) is 4.94. The summed E-state index contributed by atoms with van der Waals surface area (Å²) in [6.07, 6.45) is 2.05. The number of nitrogens with one attached hydrogen (secondary N) is 1. The molecule has 1 atom stereocenters. The van der Waals surface area contributed by atoms with Gasteiger partial charge in [0.25, 0.3) is 0 Å². The standard InChI is InChI=1S/C15H25NO2/c1-4-9-16-15(3,11-17)12-18-14-8-6-7-13(5-2)10-14/h6-8,10,16-17H,4-5,9,11-12H2,1-3H3. The second kappa shape index (κ2) is 7.39. The largest absolute Gasteiger partial charge is 0.492 e. The van der Waals surface area contributed by atoms with E-state index in [1.165, 1.54) is 5.56 Å².